The highest BCUT2D eigenvalue weighted by molar-refractivity contribution is 4.47. The Bertz CT molecular complexity index is 275. The molecule has 84 valence electrons. The van der Waals surface area contributed by atoms with Crippen molar-refractivity contribution in [3.63, 3.8) is 0 Å². The molecule has 0 aromatic heterocycles. The molecule has 0 N–H and O–H groups in total. The molecule has 0 rings (SSSR count). The quantitative estimate of drug-likeness (QED) is 0.161. The number of hydrogen-bond acceptors (Lipinski definition) is 7. The Hall–Kier alpha value is -2.29. The Morgan fingerprint density at radius 1 is 1.27 bits per heavy atom. The van der Waals surface area contributed by atoms with Crippen molar-refractivity contribution >= 4 is 0 Å². The van der Waals surface area contributed by atoms with Crippen LogP contribution in [-0.4, -0.2) is 36.7 Å². The zero-order valence-electron chi connectivity index (χ0n) is 8.05. The average molecular weight is 219 g/mol. The normalized spacial score (nSPS) is 14.0. The molecular formula is C4H9N7O4. The van der Waals surface area contributed by atoms with E-state index in [0.29, 0.717) is 0 Å². The van der Waals surface area contributed by atoms with Gasteiger partial charge in [-0.25, -0.2) is 0 Å². The van der Waals surface area contributed by atoms with Crippen LogP contribution in [0.15, 0.2) is 15.7 Å². The molecule has 0 saturated carbocycles. The summed E-state index contributed by atoms with van der Waals surface area (Å²) in [6.07, 6.45) is -1.47. The Kier molecular flexibility index (Phi) is 6.06. The van der Waals surface area contributed by atoms with Gasteiger partial charge in [-0.05, 0) is 5.53 Å². The molecule has 0 spiro atoms. The first kappa shape index (κ1) is 12.7. The van der Waals surface area contributed by atoms with Crippen molar-refractivity contribution in [1.29, 1.82) is 0 Å². The van der Waals surface area contributed by atoms with Gasteiger partial charge in [-0.15, -0.1) is 0 Å². The molecule has 11 nitrogen and oxygen atoms in total. The molecule has 0 unspecified atom stereocenters. The van der Waals surface area contributed by atoms with Crippen LogP contribution in [0.25, 0.3) is 10.4 Å². The molecule has 0 radical (unpaired) electrons. The van der Waals surface area contributed by atoms with Gasteiger partial charge in [0, 0.05) is 14.6 Å². The van der Waals surface area contributed by atoms with Crippen molar-refractivity contribution in [3.8, 4) is 0 Å². The van der Waals surface area contributed by atoms with E-state index in [2.05, 4.69) is 30.3 Å². The third kappa shape index (κ3) is 4.47. The lowest BCUT2D eigenvalue weighted by Gasteiger charge is -2.07. The molecule has 0 bridgehead atoms. The molecule has 0 aromatic rings. The van der Waals surface area contributed by atoms with E-state index in [9.17, 15) is 10.4 Å². The van der Waals surface area contributed by atoms with Crippen molar-refractivity contribution in [2.24, 2.45) is 15.7 Å². The second kappa shape index (κ2) is 7.15. The third-order valence-corrected chi connectivity index (χ3v) is 1.14. The molecule has 0 aliphatic rings. The summed E-state index contributed by atoms with van der Waals surface area (Å²) in [5, 5.41) is 31.0. The zero-order chi connectivity index (χ0) is 11.7. The maximum atomic E-state index is 11.0. The van der Waals surface area contributed by atoms with Gasteiger partial charge in [0.2, 0.25) is 10.6 Å². The largest absolute Gasteiger partial charge is 0.592 e. The topological polar surface area (TPSA) is 144 Å². The van der Waals surface area contributed by atoms with Crippen LogP contribution in [0, 0.1) is 10.4 Å². The number of hydroxylamine groups is 2. The van der Waals surface area contributed by atoms with Crippen molar-refractivity contribution in [3.05, 3.63) is 20.9 Å². The van der Waals surface area contributed by atoms with Crippen molar-refractivity contribution in [1.82, 2.24) is 0 Å². The van der Waals surface area contributed by atoms with Crippen molar-refractivity contribution in [2.75, 3.05) is 20.8 Å². The summed E-state index contributed by atoms with van der Waals surface area (Å²) in [5.74, 6) is 0. The van der Waals surface area contributed by atoms with Gasteiger partial charge in [0.05, 0.1) is 0 Å². The Morgan fingerprint density at radius 2 is 1.73 bits per heavy atom. The first-order valence-corrected chi connectivity index (χ1v) is 3.59. The molecule has 0 aliphatic carbocycles. The SMILES string of the molecule is CON=[N+]([O-])C(CN=[N+]=[N-])[N+]([O-])=NOC. The predicted molar refractivity (Wildman–Crippen MR) is 43.9 cm³/mol. The van der Waals surface area contributed by atoms with Gasteiger partial charge in [0.25, 0.3) is 0 Å². The van der Waals surface area contributed by atoms with Gasteiger partial charge in [-0.2, -0.15) is 0 Å². The number of azide groups is 1. The van der Waals surface area contributed by atoms with Crippen LogP contribution in [0.5, 0.6) is 0 Å². The van der Waals surface area contributed by atoms with Crippen LogP contribution in [-0.2, 0) is 9.68 Å². The fourth-order valence-electron chi connectivity index (χ4n) is 0.604. The lowest BCUT2D eigenvalue weighted by Crippen LogP contribution is -2.33. The van der Waals surface area contributed by atoms with E-state index in [1.165, 1.54) is 0 Å². The summed E-state index contributed by atoms with van der Waals surface area (Å²) in [7, 11) is 2.25. The highest BCUT2D eigenvalue weighted by atomic mass is 16.7. The maximum Gasteiger partial charge on any atom is 0.422 e. The highest BCUT2D eigenvalue weighted by Gasteiger charge is 2.28. The Balaban J connectivity index is 4.79. The van der Waals surface area contributed by atoms with Crippen LogP contribution < -0.4 is 0 Å². The fraction of sp³-hybridized carbons (Fsp3) is 1.00. The van der Waals surface area contributed by atoms with E-state index in [0.717, 1.165) is 14.2 Å². The molecular weight excluding hydrogens is 210 g/mol. The van der Waals surface area contributed by atoms with Gasteiger partial charge >= 0.3 is 6.17 Å². The maximum absolute atomic E-state index is 11.0. The summed E-state index contributed by atoms with van der Waals surface area (Å²) in [5.41, 5.74) is 8.03. The Morgan fingerprint density at radius 3 is 2.07 bits per heavy atom. The van der Waals surface area contributed by atoms with Gasteiger partial charge in [-0.1, -0.05) is 5.11 Å². The minimum absolute atomic E-state index is 0.0931. The summed E-state index contributed by atoms with van der Waals surface area (Å²) in [6.45, 7) is -0.455. The number of hydrogen-bond donors (Lipinski definition) is 0. The molecule has 0 fully saturated rings. The average Bonchev–Trinajstić information content (AvgIpc) is 2.19. The molecule has 0 heterocycles. The van der Waals surface area contributed by atoms with Crippen LogP contribution in [0.2, 0.25) is 0 Å². The van der Waals surface area contributed by atoms with Gasteiger partial charge < -0.3 is 20.1 Å². The van der Waals surface area contributed by atoms with Crippen molar-refractivity contribution < 1.29 is 19.4 Å². The van der Waals surface area contributed by atoms with Gasteiger partial charge in [0.15, 0.2) is 6.54 Å². The minimum atomic E-state index is -1.47. The lowest BCUT2D eigenvalue weighted by molar-refractivity contribution is -0.793. The van der Waals surface area contributed by atoms with Gasteiger partial charge in [-0.3, -0.25) is 0 Å². The fourth-order valence-corrected chi connectivity index (χ4v) is 0.604. The van der Waals surface area contributed by atoms with Crippen LogP contribution in [0.3, 0.4) is 0 Å². The van der Waals surface area contributed by atoms with Crippen LogP contribution >= 0.6 is 0 Å². The third-order valence-electron chi connectivity index (χ3n) is 1.14. The van der Waals surface area contributed by atoms with E-state index in [1.807, 2.05) is 0 Å². The zero-order valence-corrected chi connectivity index (χ0v) is 8.05. The molecule has 11 heteroatoms. The standard InChI is InChI=1S/C4H9N7O4/c1-14-8-10(12)4(3-6-7-5)11(13)9-15-2/h4H,3H2,1-2H3. The molecule has 0 amide bonds. The molecule has 0 aliphatic heterocycles. The monoisotopic (exact) mass is 219 g/mol. The molecule has 0 saturated heterocycles. The number of rotatable bonds is 6. The van der Waals surface area contributed by atoms with E-state index in [1.54, 1.807) is 0 Å². The van der Waals surface area contributed by atoms with E-state index >= 15 is 0 Å². The first-order chi connectivity index (χ1) is 7.17. The summed E-state index contributed by atoms with van der Waals surface area (Å²) in [6, 6.07) is 0. The minimum Gasteiger partial charge on any atom is -0.592 e. The number of nitrogens with zero attached hydrogens (tertiary/aromatic N) is 7. The molecule has 0 aromatic carbocycles. The highest BCUT2D eigenvalue weighted by Crippen LogP contribution is 1.97. The second-order valence-corrected chi connectivity index (χ2v) is 2.03. The lowest BCUT2D eigenvalue weighted by atomic mass is 10.5. The first-order valence-electron chi connectivity index (χ1n) is 3.59. The summed E-state index contributed by atoms with van der Waals surface area (Å²) in [4.78, 5) is 10.5. The van der Waals surface area contributed by atoms with E-state index in [4.69, 9.17) is 5.53 Å². The smallest absolute Gasteiger partial charge is 0.422 e. The van der Waals surface area contributed by atoms with Crippen molar-refractivity contribution in [2.45, 2.75) is 6.17 Å². The second-order valence-electron chi connectivity index (χ2n) is 2.03. The van der Waals surface area contributed by atoms with Crippen LogP contribution in [0.4, 0.5) is 0 Å². The van der Waals surface area contributed by atoms with E-state index in [-0.39, 0.29) is 9.72 Å². The van der Waals surface area contributed by atoms with Gasteiger partial charge in [0.1, 0.15) is 14.2 Å². The van der Waals surface area contributed by atoms with Crippen LogP contribution in [0.1, 0.15) is 0 Å². The van der Waals surface area contributed by atoms with E-state index < -0.39 is 12.7 Å². The summed E-state index contributed by atoms with van der Waals surface area (Å²) >= 11 is 0. The summed E-state index contributed by atoms with van der Waals surface area (Å²) < 4.78 is 0. The Labute approximate surface area is 83.9 Å². The molecule has 0 atom stereocenters. The predicted octanol–water partition coefficient (Wildman–Crippen LogP) is 0.671. The molecule has 15 heavy (non-hydrogen) atoms.